The Balaban J connectivity index is 2.15. The van der Waals surface area contributed by atoms with E-state index in [1.54, 1.807) is 12.1 Å². The molecule has 0 aliphatic rings. The van der Waals surface area contributed by atoms with Crippen LogP contribution in [-0.4, -0.2) is 0 Å². The Labute approximate surface area is 110 Å². The predicted octanol–water partition coefficient (Wildman–Crippen LogP) is 4.67. The summed E-state index contributed by atoms with van der Waals surface area (Å²) in [7, 11) is 0. The van der Waals surface area contributed by atoms with Crippen LogP contribution in [0.3, 0.4) is 0 Å². The molecule has 1 heterocycles. The third-order valence-corrected chi connectivity index (χ3v) is 2.76. The number of benzene rings is 1. The molecule has 96 valence electrons. The molecular weight excluding hydrogens is 311 g/mol. The fraction of sp³-hybridized carbons (Fsp3) is 0.167. The minimum atomic E-state index is -4.35. The van der Waals surface area contributed by atoms with Crippen molar-refractivity contribution in [3.63, 3.8) is 0 Å². The molecule has 0 amide bonds. The van der Waals surface area contributed by atoms with Gasteiger partial charge in [0.15, 0.2) is 0 Å². The van der Waals surface area contributed by atoms with E-state index in [1.165, 1.54) is 12.5 Å². The fourth-order valence-electron chi connectivity index (χ4n) is 1.45. The van der Waals surface area contributed by atoms with E-state index >= 15 is 0 Å². The van der Waals surface area contributed by atoms with Crippen molar-refractivity contribution in [3.05, 3.63) is 52.4 Å². The van der Waals surface area contributed by atoms with E-state index in [2.05, 4.69) is 21.2 Å². The highest BCUT2D eigenvalue weighted by Crippen LogP contribution is 2.33. The van der Waals surface area contributed by atoms with Crippen molar-refractivity contribution >= 4 is 21.6 Å². The number of furan rings is 1. The van der Waals surface area contributed by atoms with Crippen molar-refractivity contribution in [2.75, 3.05) is 5.32 Å². The fourth-order valence-corrected chi connectivity index (χ4v) is 1.95. The molecule has 0 aliphatic heterocycles. The lowest BCUT2D eigenvalue weighted by Gasteiger charge is -2.11. The topological polar surface area (TPSA) is 25.2 Å². The van der Waals surface area contributed by atoms with Gasteiger partial charge >= 0.3 is 6.18 Å². The average Bonchev–Trinajstić information content (AvgIpc) is 2.77. The molecule has 1 aromatic carbocycles. The third-order valence-electron chi connectivity index (χ3n) is 2.30. The monoisotopic (exact) mass is 319 g/mol. The van der Waals surface area contributed by atoms with Gasteiger partial charge in [-0.15, -0.1) is 0 Å². The Kier molecular flexibility index (Phi) is 3.65. The van der Waals surface area contributed by atoms with Crippen molar-refractivity contribution in [2.24, 2.45) is 0 Å². The molecule has 0 spiro atoms. The quantitative estimate of drug-likeness (QED) is 0.889. The van der Waals surface area contributed by atoms with Crippen molar-refractivity contribution in [3.8, 4) is 0 Å². The lowest BCUT2D eigenvalue weighted by atomic mass is 10.2. The van der Waals surface area contributed by atoms with Crippen LogP contribution in [-0.2, 0) is 12.7 Å². The van der Waals surface area contributed by atoms with Crippen LogP contribution in [0.5, 0.6) is 0 Å². The molecule has 0 saturated heterocycles. The second-order valence-electron chi connectivity index (χ2n) is 3.71. The highest BCUT2D eigenvalue weighted by atomic mass is 79.9. The van der Waals surface area contributed by atoms with Crippen LogP contribution in [0, 0.1) is 0 Å². The zero-order chi connectivity index (χ0) is 13.2. The normalized spacial score (nSPS) is 11.6. The largest absolute Gasteiger partial charge is 0.472 e. The molecule has 1 aromatic heterocycles. The van der Waals surface area contributed by atoms with E-state index in [9.17, 15) is 13.2 Å². The van der Waals surface area contributed by atoms with Gasteiger partial charge in [-0.1, -0.05) is 15.9 Å². The van der Waals surface area contributed by atoms with Gasteiger partial charge in [-0.05, 0) is 24.3 Å². The molecule has 2 aromatic rings. The van der Waals surface area contributed by atoms with E-state index in [0.29, 0.717) is 16.7 Å². The minimum absolute atomic E-state index is 0.381. The molecule has 2 rings (SSSR count). The smallest absolute Gasteiger partial charge is 0.416 e. The van der Waals surface area contributed by atoms with Gasteiger partial charge < -0.3 is 9.73 Å². The molecule has 1 N–H and O–H groups in total. The van der Waals surface area contributed by atoms with Gasteiger partial charge in [-0.25, -0.2) is 0 Å². The van der Waals surface area contributed by atoms with Crippen LogP contribution < -0.4 is 5.32 Å². The highest BCUT2D eigenvalue weighted by Gasteiger charge is 2.31. The Hall–Kier alpha value is -1.43. The minimum Gasteiger partial charge on any atom is -0.472 e. The zero-order valence-electron chi connectivity index (χ0n) is 9.09. The molecule has 0 aliphatic carbocycles. The second kappa shape index (κ2) is 5.06. The first-order valence-electron chi connectivity index (χ1n) is 5.08. The zero-order valence-corrected chi connectivity index (χ0v) is 10.7. The molecule has 0 radical (unpaired) electrons. The van der Waals surface area contributed by atoms with Crippen LogP contribution in [0.25, 0.3) is 0 Å². The Morgan fingerprint density at radius 2 is 2.00 bits per heavy atom. The molecule has 0 saturated carbocycles. The summed E-state index contributed by atoms with van der Waals surface area (Å²) in [6.07, 6.45) is -1.30. The number of hydrogen-bond donors (Lipinski definition) is 1. The van der Waals surface area contributed by atoms with Crippen LogP contribution in [0.2, 0.25) is 0 Å². The van der Waals surface area contributed by atoms with E-state index < -0.39 is 11.7 Å². The first kappa shape index (κ1) is 13.0. The Morgan fingerprint density at radius 3 is 2.61 bits per heavy atom. The number of rotatable bonds is 3. The first-order chi connectivity index (χ1) is 8.45. The molecule has 0 bridgehead atoms. The standard InChI is InChI=1S/C12H9BrF3NO/c13-10-3-9(12(14,15)16)4-11(5-10)17-6-8-1-2-18-7-8/h1-5,7,17H,6H2. The van der Waals surface area contributed by atoms with Gasteiger partial charge in [0.1, 0.15) is 0 Å². The summed E-state index contributed by atoms with van der Waals surface area (Å²) in [4.78, 5) is 0. The summed E-state index contributed by atoms with van der Waals surface area (Å²) in [5, 5.41) is 2.91. The van der Waals surface area contributed by atoms with Crippen LogP contribution >= 0.6 is 15.9 Å². The van der Waals surface area contributed by atoms with Gasteiger partial charge in [-0.3, -0.25) is 0 Å². The summed E-state index contributed by atoms with van der Waals surface area (Å²) in [6, 6.07) is 5.46. The predicted molar refractivity (Wildman–Crippen MR) is 65.2 cm³/mol. The van der Waals surface area contributed by atoms with E-state index in [-0.39, 0.29) is 0 Å². The van der Waals surface area contributed by atoms with Crippen LogP contribution in [0.4, 0.5) is 18.9 Å². The van der Waals surface area contributed by atoms with Gasteiger partial charge in [0.05, 0.1) is 18.1 Å². The third kappa shape index (κ3) is 3.29. The van der Waals surface area contributed by atoms with Gasteiger partial charge in [-0.2, -0.15) is 13.2 Å². The van der Waals surface area contributed by atoms with E-state index in [1.807, 2.05) is 0 Å². The molecule has 2 nitrogen and oxygen atoms in total. The van der Waals surface area contributed by atoms with E-state index in [0.717, 1.165) is 17.7 Å². The second-order valence-corrected chi connectivity index (χ2v) is 4.63. The number of halogens is 4. The molecular formula is C12H9BrF3NO. The summed E-state index contributed by atoms with van der Waals surface area (Å²) < 4.78 is 43.1. The van der Waals surface area contributed by atoms with Crippen LogP contribution in [0.1, 0.15) is 11.1 Å². The lowest BCUT2D eigenvalue weighted by Crippen LogP contribution is -2.06. The van der Waals surface area contributed by atoms with E-state index in [4.69, 9.17) is 4.42 Å². The number of hydrogen-bond acceptors (Lipinski definition) is 2. The SMILES string of the molecule is FC(F)(F)c1cc(Br)cc(NCc2ccoc2)c1. The number of nitrogens with one attached hydrogen (secondary N) is 1. The molecule has 0 atom stereocenters. The average molecular weight is 320 g/mol. The maximum absolute atomic E-state index is 12.6. The lowest BCUT2D eigenvalue weighted by molar-refractivity contribution is -0.137. The number of alkyl halides is 3. The van der Waals surface area contributed by atoms with Crippen molar-refractivity contribution in [2.45, 2.75) is 12.7 Å². The van der Waals surface area contributed by atoms with Crippen molar-refractivity contribution < 1.29 is 17.6 Å². The summed E-state index contributed by atoms with van der Waals surface area (Å²) in [6.45, 7) is 0.407. The summed E-state index contributed by atoms with van der Waals surface area (Å²) in [5.74, 6) is 0. The van der Waals surface area contributed by atoms with Gasteiger partial charge in [0.2, 0.25) is 0 Å². The molecule has 0 unspecified atom stereocenters. The van der Waals surface area contributed by atoms with Gasteiger partial charge in [0.25, 0.3) is 0 Å². The first-order valence-corrected chi connectivity index (χ1v) is 5.87. The molecule has 18 heavy (non-hydrogen) atoms. The Bertz CT molecular complexity index is 523. The molecule has 6 heteroatoms. The van der Waals surface area contributed by atoms with Crippen molar-refractivity contribution in [1.82, 2.24) is 0 Å². The highest BCUT2D eigenvalue weighted by molar-refractivity contribution is 9.10. The number of anilines is 1. The molecule has 0 fully saturated rings. The maximum Gasteiger partial charge on any atom is 0.416 e. The summed E-state index contributed by atoms with van der Waals surface area (Å²) >= 11 is 3.07. The van der Waals surface area contributed by atoms with Crippen LogP contribution in [0.15, 0.2) is 45.7 Å². The summed E-state index contributed by atoms with van der Waals surface area (Å²) in [5.41, 5.74) is 0.577. The van der Waals surface area contributed by atoms with Gasteiger partial charge in [0, 0.05) is 22.3 Å². The maximum atomic E-state index is 12.6. The Morgan fingerprint density at radius 1 is 1.22 bits per heavy atom. The van der Waals surface area contributed by atoms with Crippen molar-refractivity contribution in [1.29, 1.82) is 0 Å².